The zero-order valence-electron chi connectivity index (χ0n) is 13.1. The minimum atomic E-state index is -0.399. The molecule has 3 rings (SSSR count). The highest BCUT2D eigenvalue weighted by Crippen LogP contribution is 2.65. The Balaban J connectivity index is 1.58. The second-order valence-corrected chi connectivity index (χ2v) is 8.02. The smallest absolute Gasteiger partial charge is 0.163 e. The molecule has 2 bridgehead atoms. The summed E-state index contributed by atoms with van der Waals surface area (Å²) in [6.45, 7) is 13.0. The third-order valence-corrected chi connectivity index (χ3v) is 6.45. The van der Waals surface area contributed by atoms with Crippen LogP contribution in [0.3, 0.4) is 0 Å². The van der Waals surface area contributed by atoms with Crippen LogP contribution in [0.2, 0.25) is 0 Å². The van der Waals surface area contributed by atoms with Crippen LogP contribution in [0, 0.1) is 16.7 Å². The first-order valence-electron chi connectivity index (χ1n) is 7.80. The minimum absolute atomic E-state index is 0.209. The van der Waals surface area contributed by atoms with Gasteiger partial charge in [0.25, 0.3) is 0 Å². The maximum atomic E-state index is 5.89. The lowest BCUT2D eigenvalue weighted by molar-refractivity contribution is -0.138. The van der Waals surface area contributed by atoms with Gasteiger partial charge in [0.15, 0.2) is 5.79 Å². The third kappa shape index (κ3) is 2.05. The van der Waals surface area contributed by atoms with Gasteiger partial charge in [0, 0.05) is 12.6 Å². The fourth-order valence-electron chi connectivity index (χ4n) is 4.65. The van der Waals surface area contributed by atoms with E-state index in [9.17, 15) is 0 Å². The van der Waals surface area contributed by atoms with Gasteiger partial charge in [-0.25, -0.2) is 0 Å². The Hall–Kier alpha value is -0.120. The van der Waals surface area contributed by atoms with Crippen LogP contribution in [0.15, 0.2) is 0 Å². The molecule has 4 unspecified atom stereocenters. The van der Waals surface area contributed by atoms with Crippen molar-refractivity contribution >= 4 is 0 Å². The summed E-state index contributed by atoms with van der Waals surface area (Å²) in [5.74, 6) is 0.497. The molecule has 0 aromatic carbocycles. The van der Waals surface area contributed by atoms with Gasteiger partial charge in [0.05, 0.1) is 12.7 Å². The Morgan fingerprint density at radius 1 is 1.16 bits per heavy atom. The largest absolute Gasteiger partial charge is 0.348 e. The van der Waals surface area contributed by atoms with Crippen LogP contribution in [0.4, 0.5) is 0 Å². The number of hydrogen-bond donors (Lipinski definition) is 1. The average Bonchev–Trinajstić information content (AvgIpc) is 2.83. The van der Waals surface area contributed by atoms with Crippen molar-refractivity contribution in [1.82, 2.24) is 5.32 Å². The van der Waals surface area contributed by atoms with E-state index < -0.39 is 5.79 Å². The predicted molar refractivity (Wildman–Crippen MR) is 75.9 cm³/mol. The van der Waals surface area contributed by atoms with Crippen molar-refractivity contribution in [1.29, 1.82) is 0 Å². The molecule has 2 saturated carbocycles. The number of fused-ring (bicyclic) bond motifs is 2. The Bertz CT molecular complexity index is 366. The molecule has 0 radical (unpaired) electrons. The van der Waals surface area contributed by atoms with E-state index in [0.717, 1.165) is 19.1 Å². The summed E-state index contributed by atoms with van der Waals surface area (Å²) in [4.78, 5) is 0. The van der Waals surface area contributed by atoms with Crippen LogP contribution < -0.4 is 5.32 Å². The van der Waals surface area contributed by atoms with Gasteiger partial charge in [-0.2, -0.15) is 0 Å². The first-order chi connectivity index (χ1) is 8.75. The highest BCUT2D eigenvalue weighted by atomic mass is 16.7. The summed E-state index contributed by atoms with van der Waals surface area (Å²) in [7, 11) is 0. The monoisotopic (exact) mass is 267 g/mol. The summed E-state index contributed by atoms with van der Waals surface area (Å²) in [6.07, 6.45) is 4.33. The van der Waals surface area contributed by atoms with Gasteiger partial charge in [-0.15, -0.1) is 0 Å². The highest BCUT2D eigenvalue weighted by Gasteiger charge is 2.61. The topological polar surface area (TPSA) is 30.5 Å². The third-order valence-electron chi connectivity index (χ3n) is 6.45. The molecule has 3 aliphatic rings. The molecule has 19 heavy (non-hydrogen) atoms. The zero-order chi connectivity index (χ0) is 13.9. The summed E-state index contributed by atoms with van der Waals surface area (Å²) >= 11 is 0. The van der Waals surface area contributed by atoms with E-state index in [1.807, 2.05) is 13.8 Å². The number of hydrogen-bond acceptors (Lipinski definition) is 3. The van der Waals surface area contributed by atoms with Gasteiger partial charge < -0.3 is 14.8 Å². The summed E-state index contributed by atoms with van der Waals surface area (Å²) < 4.78 is 11.5. The Morgan fingerprint density at radius 2 is 1.89 bits per heavy atom. The number of ether oxygens (including phenoxy) is 2. The zero-order valence-corrected chi connectivity index (χ0v) is 13.1. The summed E-state index contributed by atoms with van der Waals surface area (Å²) in [5, 5.41) is 3.78. The lowest BCUT2D eigenvalue weighted by Crippen LogP contribution is -2.47. The van der Waals surface area contributed by atoms with E-state index in [4.69, 9.17) is 9.47 Å². The molecule has 0 spiro atoms. The van der Waals surface area contributed by atoms with Crippen molar-refractivity contribution in [2.45, 2.75) is 71.8 Å². The molecule has 1 N–H and O–H groups in total. The van der Waals surface area contributed by atoms with E-state index in [0.29, 0.717) is 16.9 Å². The molecule has 0 aromatic heterocycles. The van der Waals surface area contributed by atoms with Gasteiger partial charge in [0.2, 0.25) is 0 Å². The predicted octanol–water partition coefficient (Wildman–Crippen LogP) is 2.94. The van der Waals surface area contributed by atoms with Crippen LogP contribution >= 0.6 is 0 Å². The van der Waals surface area contributed by atoms with Crippen LogP contribution in [0.5, 0.6) is 0 Å². The SMILES string of the molecule is CC1(C)OCC(CNC2CC3CCC2(C)C3(C)C)O1. The first kappa shape index (κ1) is 13.8. The van der Waals surface area contributed by atoms with Crippen LogP contribution in [0.25, 0.3) is 0 Å². The maximum Gasteiger partial charge on any atom is 0.163 e. The molecular formula is C16H29NO2. The molecule has 0 amide bonds. The molecule has 4 atom stereocenters. The summed E-state index contributed by atoms with van der Waals surface area (Å²) in [5.41, 5.74) is 0.934. The molecule has 3 nitrogen and oxygen atoms in total. The Kier molecular flexibility index (Phi) is 3.05. The molecule has 3 fully saturated rings. The van der Waals surface area contributed by atoms with Crippen molar-refractivity contribution in [3.8, 4) is 0 Å². The fraction of sp³-hybridized carbons (Fsp3) is 1.00. The van der Waals surface area contributed by atoms with Gasteiger partial charge >= 0.3 is 0 Å². The van der Waals surface area contributed by atoms with Crippen molar-refractivity contribution in [3.63, 3.8) is 0 Å². The molecule has 1 heterocycles. The number of nitrogens with one attached hydrogen (secondary N) is 1. The molecule has 2 aliphatic carbocycles. The standard InChI is InChI=1S/C16H29NO2/c1-14(2)11-6-7-16(14,5)13(8-11)17-9-12-10-18-15(3,4)19-12/h11-13,17H,6-10H2,1-5H3. The van der Waals surface area contributed by atoms with Crippen LogP contribution in [-0.2, 0) is 9.47 Å². The first-order valence-corrected chi connectivity index (χ1v) is 7.80. The Morgan fingerprint density at radius 3 is 2.37 bits per heavy atom. The van der Waals surface area contributed by atoms with E-state index in [2.05, 4.69) is 26.1 Å². The Labute approximate surface area is 117 Å². The highest BCUT2D eigenvalue weighted by molar-refractivity contribution is 5.13. The van der Waals surface area contributed by atoms with Crippen molar-refractivity contribution < 1.29 is 9.47 Å². The van der Waals surface area contributed by atoms with E-state index >= 15 is 0 Å². The molecule has 0 aromatic rings. The van der Waals surface area contributed by atoms with Gasteiger partial charge in [-0.05, 0) is 49.9 Å². The molecular weight excluding hydrogens is 238 g/mol. The second-order valence-electron chi connectivity index (χ2n) is 8.02. The van der Waals surface area contributed by atoms with E-state index in [1.165, 1.54) is 19.3 Å². The lowest BCUT2D eigenvalue weighted by atomic mass is 9.69. The quantitative estimate of drug-likeness (QED) is 0.853. The molecule has 1 saturated heterocycles. The maximum absolute atomic E-state index is 5.89. The van der Waals surface area contributed by atoms with Gasteiger partial charge in [-0.3, -0.25) is 0 Å². The molecule has 3 heteroatoms. The van der Waals surface area contributed by atoms with Crippen molar-refractivity contribution in [2.24, 2.45) is 16.7 Å². The van der Waals surface area contributed by atoms with Gasteiger partial charge in [0.1, 0.15) is 0 Å². The van der Waals surface area contributed by atoms with Gasteiger partial charge in [-0.1, -0.05) is 20.8 Å². The average molecular weight is 267 g/mol. The van der Waals surface area contributed by atoms with Crippen LogP contribution in [0.1, 0.15) is 53.9 Å². The van der Waals surface area contributed by atoms with E-state index in [-0.39, 0.29) is 6.10 Å². The van der Waals surface area contributed by atoms with E-state index in [1.54, 1.807) is 0 Å². The molecule has 1 aliphatic heterocycles. The van der Waals surface area contributed by atoms with Crippen molar-refractivity contribution in [3.05, 3.63) is 0 Å². The normalized spacial score (nSPS) is 46.9. The van der Waals surface area contributed by atoms with Crippen LogP contribution in [-0.4, -0.2) is 31.1 Å². The second kappa shape index (κ2) is 4.19. The fourth-order valence-corrected chi connectivity index (χ4v) is 4.65. The van der Waals surface area contributed by atoms with Crippen molar-refractivity contribution in [2.75, 3.05) is 13.2 Å². The minimum Gasteiger partial charge on any atom is -0.348 e. The number of rotatable bonds is 3. The summed E-state index contributed by atoms with van der Waals surface area (Å²) in [6, 6.07) is 0.647. The lowest BCUT2D eigenvalue weighted by Gasteiger charge is -2.40. The molecule has 110 valence electrons.